The maximum atomic E-state index is 14.1. The Morgan fingerprint density at radius 2 is 0.429 bits per heavy atom. The van der Waals surface area contributed by atoms with Crippen LogP contribution in [0.5, 0.6) is 69.0 Å². The van der Waals surface area contributed by atoms with Crippen molar-refractivity contribution in [1.29, 1.82) is 0 Å². The van der Waals surface area contributed by atoms with Crippen molar-refractivity contribution in [3.8, 4) is 69.0 Å². The minimum atomic E-state index is -1.31. The first-order chi connectivity index (χ1) is 31.7. The Morgan fingerprint density at radius 1 is 0.286 bits per heavy atom. The van der Waals surface area contributed by atoms with Crippen LogP contribution in [0.15, 0.2) is 14.7 Å². The number of carbonyl (C=O) groups is 3. The van der Waals surface area contributed by atoms with E-state index in [-0.39, 0.29) is 107 Å². The molecule has 0 amide bonds. The summed E-state index contributed by atoms with van der Waals surface area (Å²) in [6.45, 7) is 37.6. The highest BCUT2D eigenvalue weighted by Gasteiger charge is 2.57. The molecule has 0 saturated heterocycles. The van der Waals surface area contributed by atoms with Gasteiger partial charge in [-0.05, 0) is 35.3 Å². The quantitative estimate of drug-likeness (QED) is 0.169. The number of carbonyl (C=O) groups excluding carboxylic acids is 3. The van der Waals surface area contributed by atoms with E-state index >= 15 is 0 Å². The van der Waals surface area contributed by atoms with Crippen molar-refractivity contribution >= 4 is 50.6 Å². The lowest BCUT2D eigenvalue weighted by molar-refractivity contribution is -0.118. The molecule has 0 fully saturated rings. The van der Waals surface area contributed by atoms with Crippen molar-refractivity contribution in [1.82, 2.24) is 0 Å². The fraction of sp³-hybridized carbons (Fsp3) is 0.577. The third kappa shape index (κ3) is 8.58. The minimum absolute atomic E-state index is 0.168. The summed E-state index contributed by atoms with van der Waals surface area (Å²) in [5, 5.41) is -0.504. The smallest absolute Gasteiger partial charge is 0.246 e. The summed E-state index contributed by atoms with van der Waals surface area (Å²) in [6.07, 6.45) is 0. The Kier molecular flexibility index (Phi) is 10.9. The molecule has 18 heteroatoms. The number of fused-ring (bicyclic) bond motifs is 6. The lowest BCUT2D eigenvalue weighted by atomic mass is 9.81. The van der Waals surface area contributed by atoms with Crippen molar-refractivity contribution in [2.75, 3.05) is 0 Å². The molecule has 0 aromatic heterocycles. The van der Waals surface area contributed by atoms with Crippen LogP contribution >= 0.6 is 35.3 Å². The van der Waals surface area contributed by atoms with Crippen LogP contribution in [0.25, 0.3) is 0 Å². The molecule has 6 aliphatic heterocycles. The van der Waals surface area contributed by atoms with E-state index in [1.165, 1.54) is 0 Å². The van der Waals surface area contributed by atoms with Gasteiger partial charge in [-0.25, -0.2) is 0 Å². The summed E-state index contributed by atoms with van der Waals surface area (Å²) in [6, 6.07) is 0. The molecule has 0 bridgehead atoms. The third-order valence-electron chi connectivity index (χ3n) is 11.2. The first-order valence-corrected chi connectivity index (χ1v) is 25.7. The summed E-state index contributed by atoms with van der Waals surface area (Å²) >= 11 is 2.90. The highest BCUT2D eigenvalue weighted by molar-refractivity contribution is 8.14. The van der Waals surface area contributed by atoms with E-state index in [2.05, 4.69) is 0 Å². The normalized spacial score (nSPS) is 20.3. The first kappa shape index (κ1) is 50.3. The molecule has 1 radical (unpaired) electrons. The van der Waals surface area contributed by atoms with Gasteiger partial charge >= 0.3 is 0 Å². The van der Waals surface area contributed by atoms with Gasteiger partial charge < -0.3 is 56.8 Å². The van der Waals surface area contributed by atoms with E-state index in [1.807, 2.05) is 62.3 Å². The molecule has 3 aromatic rings. The number of thioether (sulfide) groups is 3. The minimum Gasteiger partial charge on any atom is -0.449 e. The van der Waals surface area contributed by atoms with E-state index in [0.717, 1.165) is 35.3 Å². The molecule has 9 rings (SSSR count). The molecule has 6 heterocycles. The summed E-state index contributed by atoms with van der Waals surface area (Å²) in [4.78, 5) is 43.4. The van der Waals surface area contributed by atoms with Gasteiger partial charge in [-0.3, -0.25) is 14.4 Å². The molecule has 15 nitrogen and oxygen atoms in total. The van der Waals surface area contributed by atoms with Gasteiger partial charge in [0.1, 0.15) is 14.7 Å². The fourth-order valence-electron chi connectivity index (χ4n) is 8.21. The van der Waals surface area contributed by atoms with Crippen LogP contribution in [-0.4, -0.2) is 50.1 Å². The Labute approximate surface area is 422 Å². The van der Waals surface area contributed by atoms with Gasteiger partial charge in [0, 0.05) is 99.3 Å². The number of benzene rings is 3. The Morgan fingerprint density at radius 3 is 0.571 bits per heavy atom. The van der Waals surface area contributed by atoms with Crippen molar-refractivity contribution in [3.63, 3.8) is 0 Å². The van der Waals surface area contributed by atoms with Crippen molar-refractivity contribution < 1.29 is 71.2 Å². The van der Waals surface area contributed by atoms with Gasteiger partial charge in [-0.1, -0.05) is 62.3 Å². The van der Waals surface area contributed by atoms with Crippen LogP contribution < -0.4 is 56.8 Å². The van der Waals surface area contributed by atoms with Crippen molar-refractivity contribution in [2.24, 2.45) is 16.2 Å². The van der Waals surface area contributed by atoms with E-state index in [1.54, 1.807) is 83.1 Å². The number of hydrogen-bond acceptors (Lipinski definition) is 18. The molecule has 70 heavy (non-hydrogen) atoms. The van der Waals surface area contributed by atoms with Gasteiger partial charge in [0.15, 0.2) is 84.3 Å². The molecule has 3 aromatic carbocycles. The van der Waals surface area contributed by atoms with Crippen molar-refractivity contribution in [3.05, 3.63) is 22.6 Å². The predicted molar refractivity (Wildman–Crippen MR) is 263 cm³/mol. The molecule has 379 valence electrons. The molecular formula is C52H63O15S3. The average molecular weight is 1020 g/mol. The second-order valence-corrected chi connectivity index (χ2v) is 26.9. The van der Waals surface area contributed by atoms with Crippen molar-refractivity contribution in [2.45, 2.75) is 195 Å². The third-order valence-corrected chi connectivity index (χ3v) is 15.3. The van der Waals surface area contributed by atoms with Crippen LogP contribution in [0.3, 0.4) is 0 Å². The number of rotatable bonds is 6. The molecule has 0 atom stereocenters. The van der Waals surface area contributed by atoms with Crippen LogP contribution in [0.4, 0.5) is 0 Å². The highest BCUT2D eigenvalue weighted by Crippen LogP contribution is 2.72. The maximum Gasteiger partial charge on any atom is 0.246 e. The second-order valence-electron chi connectivity index (χ2n) is 24.0. The molecule has 0 N–H and O–H groups in total. The predicted octanol–water partition coefficient (Wildman–Crippen LogP) is 12.7. The molecule has 0 aliphatic carbocycles. The standard InChI is InChI=1S/C52H63O15S3/c1-44(2,3)41(53)68-38-32-26(56-47(10,11)62-32)23(27-33(38)63-48(12,13)57-27)22(24-28-34(64-49(14,15)58-28)39(69-42(54)45(4,5)6)35-29(24)59-50(16,17)65-35)25-30-36(66-51(18,19)60-30)40(70-43(55)46(7,8)9)37-31(25)61-52(20,21)67-37/h1-21H3. The van der Waals surface area contributed by atoms with E-state index in [9.17, 15) is 14.4 Å². The van der Waals surface area contributed by atoms with E-state index in [4.69, 9.17) is 56.8 Å². The van der Waals surface area contributed by atoms with Crippen LogP contribution in [0.2, 0.25) is 0 Å². The zero-order chi connectivity index (χ0) is 51.8. The Balaban J connectivity index is 1.49. The summed E-state index contributed by atoms with van der Waals surface area (Å²) < 4.78 is 82.0. The number of ether oxygens (including phenoxy) is 12. The topological polar surface area (TPSA) is 162 Å². The van der Waals surface area contributed by atoms with Gasteiger partial charge in [-0.15, -0.1) is 0 Å². The zero-order valence-electron chi connectivity index (χ0n) is 43.8. The Bertz CT molecular complexity index is 2400. The molecular weight excluding hydrogens is 961 g/mol. The van der Waals surface area contributed by atoms with Crippen LogP contribution in [0, 0.1) is 22.2 Å². The summed E-state index contributed by atoms with van der Waals surface area (Å²) in [5.41, 5.74) is -1.58. The van der Waals surface area contributed by atoms with E-state index < -0.39 is 51.0 Å². The van der Waals surface area contributed by atoms with E-state index in [0.29, 0.717) is 14.7 Å². The number of hydrogen-bond donors (Lipinski definition) is 0. The lowest BCUT2D eigenvalue weighted by Gasteiger charge is -2.28. The summed E-state index contributed by atoms with van der Waals surface area (Å²) in [7, 11) is 0. The highest BCUT2D eigenvalue weighted by atomic mass is 32.2. The second kappa shape index (κ2) is 15.2. The lowest BCUT2D eigenvalue weighted by Crippen LogP contribution is -2.32. The van der Waals surface area contributed by atoms with Gasteiger partial charge in [0.05, 0.1) is 22.6 Å². The van der Waals surface area contributed by atoms with Gasteiger partial charge in [0.25, 0.3) is 0 Å². The SMILES string of the molecule is CC1(C)Oc2c(c([C](c3c4c(c(SC(=O)C(C)(C)C)c5c3OC(C)(C)O5)OC(C)(C)O4)c3c4c(c(SC(=O)C(C)(C)C)c5c3OC(C)(C)O5)OC(C)(C)O4)c3c(c2SC(=O)C(C)(C)C)OC(C)(C)O3)O1. The molecule has 0 spiro atoms. The fourth-order valence-corrected chi connectivity index (χ4v) is 11.0. The Hall–Kier alpha value is -4.68. The molecule has 6 aliphatic rings. The maximum absolute atomic E-state index is 14.1. The van der Waals surface area contributed by atoms with Crippen LogP contribution in [-0.2, 0) is 14.4 Å². The molecule has 0 saturated carbocycles. The van der Waals surface area contributed by atoms with Gasteiger partial charge in [0.2, 0.25) is 34.7 Å². The summed E-state index contributed by atoms with van der Waals surface area (Å²) in [5.74, 6) is -5.36. The largest absolute Gasteiger partial charge is 0.449 e. The van der Waals surface area contributed by atoms with Crippen LogP contribution in [0.1, 0.15) is 162 Å². The monoisotopic (exact) mass is 1020 g/mol. The molecule has 0 unspecified atom stereocenters. The van der Waals surface area contributed by atoms with Gasteiger partial charge in [-0.2, -0.15) is 0 Å². The first-order valence-electron chi connectivity index (χ1n) is 23.2. The average Bonchev–Trinajstić information content (AvgIpc) is 3.99. The zero-order valence-corrected chi connectivity index (χ0v) is 46.3.